The Bertz CT molecular complexity index is 445. The average Bonchev–Trinajstić information content (AvgIpc) is 2.36. The molecule has 0 aromatic heterocycles. The van der Waals surface area contributed by atoms with Crippen molar-refractivity contribution in [1.82, 2.24) is 0 Å². The minimum atomic E-state index is -0.695. The van der Waals surface area contributed by atoms with Crippen molar-refractivity contribution in [3.05, 3.63) is 23.3 Å². The zero-order valence-electron chi connectivity index (χ0n) is 10.5. The predicted molar refractivity (Wildman–Crippen MR) is 64.0 cm³/mol. The second-order valence-electron chi connectivity index (χ2n) is 3.34. The van der Waals surface area contributed by atoms with E-state index in [-0.39, 0.29) is 29.2 Å². The summed E-state index contributed by atoms with van der Waals surface area (Å²) in [5.74, 6) is -0.876. The lowest BCUT2D eigenvalue weighted by atomic mass is 10.1. The molecule has 0 unspecified atom stereocenters. The topological polar surface area (TPSA) is 87.9 Å². The molecule has 0 bridgehead atoms. The van der Waals surface area contributed by atoms with E-state index in [1.54, 1.807) is 6.92 Å². The van der Waals surface area contributed by atoms with Crippen molar-refractivity contribution >= 4 is 11.9 Å². The van der Waals surface area contributed by atoms with Gasteiger partial charge in [0.25, 0.3) is 5.91 Å². The van der Waals surface area contributed by atoms with Crippen LogP contribution in [-0.2, 0) is 4.74 Å². The van der Waals surface area contributed by atoms with E-state index in [1.165, 1.54) is 26.4 Å². The highest BCUT2D eigenvalue weighted by atomic mass is 16.5. The van der Waals surface area contributed by atoms with Crippen LogP contribution in [0.2, 0.25) is 0 Å². The number of carbonyl (C=O) groups excluding carboxylic acids is 2. The third kappa shape index (κ3) is 2.71. The molecule has 0 fully saturated rings. The molecule has 0 atom stereocenters. The van der Waals surface area contributed by atoms with Gasteiger partial charge in [0.1, 0.15) is 17.1 Å². The van der Waals surface area contributed by atoms with Crippen LogP contribution in [0.4, 0.5) is 0 Å². The predicted octanol–water partition coefficient (Wildman–Crippen LogP) is 0.979. The number of primary amides is 1. The number of rotatable bonds is 5. The van der Waals surface area contributed by atoms with E-state index >= 15 is 0 Å². The fourth-order valence-electron chi connectivity index (χ4n) is 1.49. The maximum absolute atomic E-state index is 11.6. The lowest BCUT2D eigenvalue weighted by Gasteiger charge is -2.12. The number of hydrogen-bond donors (Lipinski definition) is 1. The van der Waals surface area contributed by atoms with E-state index in [4.69, 9.17) is 19.9 Å². The third-order valence-corrected chi connectivity index (χ3v) is 2.26. The molecule has 0 aliphatic rings. The lowest BCUT2D eigenvalue weighted by Crippen LogP contribution is -2.15. The highest BCUT2D eigenvalue weighted by Gasteiger charge is 2.20. The summed E-state index contributed by atoms with van der Waals surface area (Å²) in [6.07, 6.45) is 0. The largest absolute Gasteiger partial charge is 0.496 e. The van der Waals surface area contributed by atoms with Gasteiger partial charge in [0, 0.05) is 0 Å². The van der Waals surface area contributed by atoms with Crippen molar-refractivity contribution in [1.29, 1.82) is 0 Å². The van der Waals surface area contributed by atoms with Gasteiger partial charge < -0.3 is 19.9 Å². The van der Waals surface area contributed by atoms with E-state index in [2.05, 4.69) is 0 Å². The Morgan fingerprint density at radius 1 is 1.17 bits per heavy atom. The van der Waals surface area contributed by atoms with Gasteiger partial charge in [-0.25, -0.2) is 4.79 Å². The van der Waals surface area contributed by atoms with Crippen LogP contribution in [0.25, 0.3) is 0 Å². The molecule has 0 saturated carbocycles. The highest BCUT2D eigenvalue weighted by Crippen LogP contribution is 2.30. The van der Waals surface area contributed by atoms with Crippen LogP contribution in [0.5, 0.6) is 11.5 Å². The molecule has 0 aliphatic carbocycles. The van der Waals surface area contributed by atoms with Gasteiger partial charge in [0.15, 0.2) is 0 Å². The number of hydrogen-bond acceptors (Lipinski definition) is 5. The van der Waals surface area contributed by atoms with E-state index in [0.717, 1.165) is 0 Å². The summed E-state index contributed by atoms with van der Waals surface area (Å²) in [7, 11) is 2.74. The zero-order chi connectivity index (χ0) is 13.7. The van der Waals surface area contributed by atoms with Crippen LogP contribution >= 0.6 is 0 Å². The second kappa shape index (κ2) is 5.90. The van der Waals surface area contributed by atoms with Crippen LogP contribution in [-0.4, -0.2) is 32.7 Å². The zero-order valence-corrected chi connectivity index (χ0v) is 10.5. The van der Waals surface area contributed by atoms with Gasteiger partial charge in [-0.15, -0.1) is 0 Å². The molecule has 6 heteroatoms. The molecule has 1 aromatic carbocycles. The van der Waals surface area contributed by atoms with Crippen LogP contribution in [0, 0.1) is 0 Å². The van der Waals surface area contributed by atoms with E-state index < -0.39 is 11.9 Å². The Hall–Kier alpha value is -2.24. The minimum Gasteiger partial charge on any atom is -0.496 e. The summed E-state index contributed by atoms with van der Waals surface area (Å²) in [5, 5.41) is 0. The van der Waals surface area contributed by atoms with Crippen LogP contribution in [0.15, 0.2) is 12.1 Å². The van der Waals surface area contributed by atoms with Gasteiger partial charge in [0.2, 0.25) is 0 Å². The van der Waals surface area contributed by atoms with Crippen molar-refractivity contribution in [3.8, 4) is 11.5 Å². The molecule has 1 amide bonds. The van der Waals surface area contributed by atoms with E-state index in [0.29, 0.717) is 0 Å². The van der Waals surface area contributed by atoms with Crippen LogP contribution in [0.1, 0.15) is 27.6 Å². The molecular formula is C12H15NO5. The molecule has 1 aromatic rings. The first-order valence-electron chi connectivity index (χ1n) is 5.28. The Morgan fingerprint density at radius 2 is 1.67 bits per heavy atom. The minimum absolute atomic E-state index is 0.0908. The van der Waals surface area contributed by atoms with Crippen LogP contribution < -0.4 is 15.2 Å². The lowest BCUT2D eigenvalue weighted by molar-refractivity contribution is 0.0525. The molecule has 6 nitrogen and oxygen atoms in total. The maximum Gasteiger partial charge on any atom is 0.338 e. The van der Waals surface area contributed by atoms with Gasteiger partial charge in [-0.3, -0.25) is 4.79 Å². The number of methoxy groups -OCH3 is 2. The van der Waals surface area contributed by atoms with Crippen molar-refractivity contribution < 1.29 is 23.8 Å². The Balaban J connectivity index is 3.34. The normalized spacial score (nSPS) is 9.72. The molecule has 0 heterocycles. The third-order valence-electron chi connectivity index (χ3n) is 2.26. The standard InChI is InChI=1S/C12H15NO5/c1-4-18-12(15)7-5-8(16-2)10(11(13)14)9(6-7)17-3/h5-6H,4H2,1-3H3,(H2,13,14). The smallest absolute Gasteiger partial charge is 0.338 e. The number of amides is 1. The molecule has 0 radical (unpaired) electrons. The van der Waals surface area contributed by atoms with Gasteiger partial charge >= 0.3 is 5.97 Å². The second-order valence-corrected chi connectivity index (χ2v) is 3.34. The molecule has 2 N–H and O–H groups in total. The van der Waals surface area contributed by atoms with E-state index in [1.807, 2.05) is 0 Å². The molecule has 0 saturated heterocycles. The average molecular weight is 253 g/mol. The first-order chi connectivity index (χ1) is 8.54. The summed E-state index contributed by atoms with van der Waals surface area (Å²) >= 11 is 0. The van der Waals surface area contributed by atoms with Crippen LogP contribution in [0.3, 0.4) is 0 Å². The number of carbonyl (C=O) groups is 2. The summed E-state index contributed by atoms with van der Waals surface area (Å²) < 4.78 is 14.9. The van der Waals surface area contributed by atoms with Crippen molar-refractivity contribution in [2.24, 2.45) is 5.73 Å². The number of benzene rings is 1. The first-order valence-corrected chi connectivity index (χ1v) is 5.28. The number of esters is 1. The fourth-order valence-corrected chi connectivity index (χ4v) is 1.49. The fraction of sp³-hybridized carbons (Fsp3) is 0.333. The monoisotopic (exact) mass is 253 g/mol. The molecule has 98 valence electrons. The number of nitrogens with two attached hydrogens (primary N) is 1. The first kappa shape index (κ1) is 13.8. The van der Waals surface area contributed by atoms with Crippen molar-refractivity contribution in [3.63, 3.8) is 0 Å². The quantitative estimate of drug-likeness (QED) is 0.790. The highest BCUT2D eigenvalue weighted by molar-refractivity contribution is 6.01. The Morgan fingerprint density at radius 3 is 2.00 bits per heavy atom. The summed E-state index contributed by atoms with van der Waals surface area (Å²) in [4.78, 5) is 22.9. The molecule has 18 heavy (non-hydrogen) atoms. The number of ether oxygens (including phenoxy) is 3. The van der Waals surface area contributed by atoms with Gasteiger partial charge in [-0.2, -0.15) is 0 Å². The molecule has 0 aliphatic heterocycles. The SMILES string of the molecule is CCOC(=O)c1cc(OC)c(C(N)=O)c(OC)c1. The maximum atomic E-state index is 11.6. The molecular weight excluding hydrogens is 238 g/mol. The van der Waals surface area contributed by atoms with Gasteiger partial charge in [-0.1, -0.05) is 0 Å². The Kier molecular flexibility index (Phi) is 4.53. The molecule has 0 spiro atoms. The Labute approximate surface area is 105 Å². The van der Waals surface area contributed by atoms with Gasteiger partial charge in [0.05, 0.1) is 26.4 Å². The summed E-state index contributed by atoms with van der Waals surface area (Å²) in [6, 6.07) is 2.78. The van der Waals surface area contributed by atoms with Crippen molar-refractivity contribution in [2.75, 3.05) is 20.8 Å². The summed E-state index contributed by atoms with van der Waals surface area (Å²) in [6.45, 7) is 1.95. The van der Waals surface area contributed by atoms with E-state index in [9.17, 15) is 9.59 Å². The van der Waals surface area contributed by atoms with Crippen molar-refractivity contribution in [2.45, 2.75) is 6.92 Å². The summed E-state index contributed by atoms with van der Waals surface area (Å²) in [5.41, 5.74) is 5.56. The molecule has 1 rings (SSSR count). The van der Waals surface area contributed by atoms with Gasteiger partial charge in [-0.05, 0) is 19.1 Å².